The van der Waals surface area contributed by atoms with Crippen LogP contribution in [-0.2, 0) is 14.8 Å². The molecule has 1 saturated heterocycles. The number of nitrogens with zero attached hydrogens (tertiary/aromatic N) is 1. The molecule has 116 valence electrons. The van der Waals surface area contributed by atoms with Crippen molar-refractivity contribution in [2.24, 2.45) is 5.73 Å². The van der Waals surface area contributed by atoms with Crippen LogP contribution in [0.15, 0.2) is 23.1 Å². The molecule has 0 aromatic heterocycles. The van der Waals surface area contributed by atoms with Crippen LogP contribution in [0, 0.1) is 6.92 Å². The van der Waals surface area contributed by atoms with Crippen LogP contribution in [0.25, 0.3) is 0 Å². The van der Waals surface area contributed by atoms with Crippen molar-refractivity contribution >= 4 is 27.2 Å². The minimum Gasteiger partial charge on any atom is -0.389 e. The zero-order chi connectivity index (χ0) is 15.8. The SMILES string of the molecule is Cc1ccc(C(N)=S)cc1S(=O)(=O)N1CC(C)OCC1C. The third kappa shape index (κ3) is 3.26. The molecule has 1 heterocycles. The number of morpholine rings is 1. The Morgan fingerprint density at radius 3 is 2.71 bits per heavy atom. The smallest absolute Gasteiger partial charge is 0.243 e. The Balaban J connectivity index is 2.48. The van der Waals surface area contributed by atoms with Crippen LogP contribution in [0.1, 0.15) is 25.0 Å². The second kappa shape index (κ2) is 6.00. The van der Waals surface area contributed by atoms with Crippen molar-refractivity contribution in [2.75, 3.05) is 13.2 Å². The molecule has 0 amide bonds. The van der Waals surface area contributed by atoms with Gasteiger partial charge in [0.25, 0.3) is 0 Å². The van der Waals surface area contributed by atoms with Gasteiger partial charge in [-0.2, -0.15) is 4.31 Å². The van der Waals surface area contributed by atoms with Gasteiger partial charge < -0.3 is 10.5 Å². The summed E-state index contributed by atoms with van der Waals surface area (Å²) in [5.41, 5.74) is 6.85. The van der Waals surface area contributed by atoms with E-state index in [9.17, 15) is 8.42 Å². The first-order chi connectivity index (χ1) is 9.73. The number of benzene rings is 1. The molecular weight excluding hydrogens is 308 g/mol. The van der Waals surface area contributed by atoms with Crippen molar-refractivity contribution in [2.45, 2.75) is 37.8 Å². The van der Waals surface area contributed by atoms with Crippen molar-refractivity contribution in [1.29, 1.82) is 0 Å². The van der Waals surface area contributed by atoms with Crippen LogP contribution in [0.2, 0.25) is 0 Å². The topological polar surface area (TPSA) is 72.6 Å². The normalized spacial score (nSPS) is 24.0. The van der Waals surface area contributed by atoms with Gasteiger partial charge in [-0.15, -0.1) is 0 Å². The summed E-state index contributed by atoms with van der Waals surface area (Å²) in [6, 6.07) is 4.83. The van der Waals surface area contributed by atoms with Gasteiger partial charge in [0.1, 0.15) is 4.99 Å². The molecule has 0 bridgehead atoms. The predicted molar refractivity (Wildman–Crippen MR) is 85.8 cm³/mol. The Bertz CT molecular complexity index is 658. The fourth-order valence-corrected chi connectivity index (χ4v) is 4.44. The lowest BCUT2D eigenvalue weighted by atomic mass is 10.1. The van der Waals surface area contributed by atoms with E-state index in [1.807, 2.05) is 13.8 Å². The number of ether oxygens (including phenoxy) is 1. The van der Waals surface area contributed by atoms with Gasteiger partial charge in [-0.05, 0) is 32.4 Å². The molecule has 1 fully saturated rings. The average Bonchev–Trinajstić information content (AvgIpc) is 2.41. The number of rotatable bonds is 3. The van der Waals surface area contributed by atoms with Gasteiger partial charge in [-0.1, -0.05) is 24.4 Å². The Hall–Kier alpha value is -1.02. The Labute approximate surface area is 131 Å². The lowest BCUT2D eigenvalue weighted by Crippen LogP contribution is -2.50. The van der Waals surface area contributed by atoms with Crippen molar-refractivity contribution in [3.8, 4) is 0 Å². The van der Waals surface area contributed by atoms with Gasteiger partial charge in [-0.25, -0.2) is 8.42 Å². The van der Waals surface area contributed by atoms with Gasteiger partial charge >= 0.3 is 0 Å². The summed E-state index contributed by atoms with van der Waals surface area (Å²) >= 11 is 4.94. The predicted octanol–water partition coefficient (Wildman–Crippen LogP) is 1.43. The number of aryl methyl sites for hydroxylation is 1. The molecule has 7 heteroatoms. The van der Waals surface area contributed by atoms with Crippen LogP contribution < -0.4 is 5.73 Å². The number of hydrogen-bond donors (Lipinski definition) is 1. The minimum absolute atomic E-state index is 0.116. The van der Waals surface area contributed by atoms with Crippen molar-refractivity contribution in [1.82, 2.24) is 4.31 Å². The second-order valence-electron chi connectivity index (χ2n) is 5.41. The van der Waals surface area contributed by atoms with Crippen molar-refractivity contribution in [3.05, 3.63) is 29.3 Å². The van der Waals surface area contributed by atoms with Crippen molar-refractivity contribution in [3.63, 3.8) is 0 Å². The molecule has 0 spiro atoms. The Morgan fingerprint density at radius 1 is 1.43 bits per heavy atom. The van der Waals surface area contributed by atoms with Gasteiger partial charge in [0.05, 0.1) is 17.6 Å². The molecule has 5 nitrogen and oxygen atoms in total. The number of thiocarbonyl (C=S) groups is 1. The first-order valence-electron chi connectivity index (χ1n) is 6.77. The molecule has 0 saturated carbocycles. The van der Waals surface area contributed by atoms with Crippen LogP contribution in [0.5, 0.6) is 0 Å². The number of sulfonamides is 1. The molecule has 1 aromatic rings. The molecule has 0 aliphatic carbocycles. The third-order valence-electron chi connectivity index (χ3n) is 3.61. The average molecular weight is 328 g/mol. The van der Waals surface area contributed by atoms with E-state index in [4.69, 9.17) is 22.7 Å². The van der Waals surface area contributed by atoms with E-state index in [-0.39, 0.29) is 22.0 Å². The lowest BCUT2D eigenvalue weighted by Gasteiger charge is -2.36. The molecule has 0 radical (unpaired) electrons. The quantitative estimate of drug-likeness (QED) is 0.850. The standard InChI is InChI=1S/C14H20N2O3S2/c1-9-4-5-12(14(15)20)6-13(9)21(17,18)16-7-11(3)19-8-10(16)2/h4-6,10-11H,7-8H2,1-3H3,(H2,15,20). The zero-order valence-electron chi connectivity index (χ0n) is 12.4. The Kier molecular flexibility index (Phi) is 4.67. The molecule has 2 N–H and O–H groups in total. The van der Waals surface area contributed by atoms with Crippen LogP contribution in [-0.4, -0.2) is 43.0 Å². The van der Waals surface area contributed by atoms with E-state index in [0.29, 0.717) is 24.3 Å². The third-order valence-corrected chi connectivity index (χ3v) is 5.97. The molecule has 1 aliphatic heterocycles. The van der Waals surface area contributed by atoms with Crippen molar-refractivity contribution < 1.29 is 13.2 Å². The molecule has 1 aliphatic rings. The first kappa shape index (κ1) is 16.4. The lowest BCUT2D eigenvalue weighted by molar-refractivity contribution is -0.0170. The summed E-state index contributed by atoms with van der Waals surface area (Å²) in [4.78, 5) is 0.448. The van der Waals surface area contributed by atoms with Crippen LogP contribution in [0.3, 0.4) is 0 Å². The molecule has 1 aromatic carbocycles. The fraction of sp³-hybridized carbons (Fsp3) is 0.500. The molecule has 21 heavy (non-hydrogen) atoms. The highest BCUT2D eigenvalue weighted by atomic mass is 32.2. The minimum atomic E-state index is -3.59. The van der Waals surface area contributed by atoms with E-state index in [0.717, 1.165) is 0 Å². The molecule has 2 rings (SSSR count). The van der Waals surface area contributed by atoms with E-state index in [2.05, 4.69) is 0 Å². The van der Waals surface area contributed by atoms with E-state index in [1.165, 1.54) is 4.31 Å². The summed E-state index contributed by atoms with van der Waals surface area (Å²) in [5.74, 6) is 0. The molecule has 2 atom stereocenters. The highest BCUT2D eigenvalue weighted by molar-refractivity contribution is 7.89. The van der Waals surface area contributed by atoms with E-state index < -0.39 is 10.0 Å². The summed E-state index contributed by atoms with van der Waals surface area (Å²) in [7, 11) is -3.59. The summed E-state index contributed by atoms with van der Waals surface area (Å²) in [6.07, 6.45) is -0.116. The molecule has 2 unspecified atom stereocenters. The number of nitrogens with two attached hydrogens (primary N) is 1. The van der Waals surface area contributed by atoms with Gasteiger partial charge in [0.15, 0.2) is 0 Å². The largest absolute Gasteiger partial charge is 0.389 e. The maximum absolute atomic E-state index is 12.9. The van der Waals surface area contributed by atoms with E-state index in [1.54, 1.807) is 25.1 Å². The summed E-state index contributed by atoms with van der Waals surface area (Å²) < 4.78 is 32.8. The summed E-state index contributed by atoms with van der Waals surface area (Å²) in [6.45, 7) is 6.22. The maximum atomic E-state index is 12.9. The second-order valence-corrected chi connectivity index (χ2v) is 7.71. The fourth-order valence-electron chi connectivity index (χ4n) is 2.37. The zero-order valence-corrected chi connectivity index (χ0v) is 14.0. The highest BCUT2D eigenvalue weighted by Crippen LogP contribution is 2.25. The first-order valence-corrected chi connectivity index (χ1v) is 8.62. The Morgan fingerprint density at radius 2 is 2.10 bits per heavy atom. The highest BCUT2D eigenvalue weighted by Gasteiger charge is 2.35. The van der Waals surface area contributed by atoms with Gasteiger partial charge in [-0.3, -0.25) is 0 Å². The maximum Gasteiger partial charge on any atom is 0.243 e. The number of hydrogen-bond acceptors (Lipinski definition) is 4. The summed E-state index contributed by atoms with van der Waals surface area (Å²) in [5, 5.41) is 0. The molecular formula is C14H20N2O3S2. The van der Waals surface area contributed by atoms with Crippen LogP contribution >= 0.6 is 12.2 Å². The van der Waals surface area contributed by atoms with E-state index >= 15 is 0 Å². The monoisotopic (exact) mass is 328 g/mol. The van der Waals surface area contributed by atoms with Crippen LogP contribution in [0.4, 0.5) is 0 Å². The van der Waals surface area contributed by atoms with Gasteiger partial charge in [0.2, 0.25) is 10.0 Å². The van der Waals surface area contributed by atoms with Gasteiger partial charge in [0, 0.05) is 18.2 Å².